The van der Waals surface area contributed by atoms with Gasteiger partial charge in [-0.05, 0) is 36.4 Å². The molecule has 0 amide bonds. The highest BCUT2D eigenvalue weighted by Crippen LogP contribution is 2.25. The summed E-state index contributed by atoms with van der Waals surface area (Å²) in [6, 6.07) is 13.1. The number of ether oxygens (including phenoxy) is 1. The van der Waals surface area contributed by atoms with Crippen molar-refractivity contribution in [3.63, 3.8) is 0 Å². The maximum Gasteiger partial charge on any atom is 0.123 e. The van der Waals surface area contributed by atoms with E-state index in [1.54, 1.807) is 25.3 Å². The van der Waals surface area contributed by atoms with Gasteiger partial charge in [-0.1, -0.05) is 15.9 Å². The number of hydrogen-bond donors (Lipinski definition) is 2. The minimum Gasteiger partial charge on any atom is -0.496 e. The molecule has 0 heterocycles. The van der Waals surface area contributed by atoms with Gasteiger partial charge in [0.1, 0.15) is 5.75 Å². The van der Waals surface area contributed by atoms with Crippen molar-refractivity contribution in [1.29, 1.82) is 5.26 Å². The molecule has 102 valence electrons. The molecule has 0 aromatic heterocycles. The monoisotopic (exact) mass is 331 g/mol. The molecule has 0 bridgehead atoms. The fourth-order valence-corrected chi connectivity index (χ4v) is 2.28. The number of nitrogen functional groups attached to an aromatic ring is 1. The number of nitrogens with zero attached hydrogens (tertiary/aromatic N) is 1. The van der Waals surface area contributed by atoms with Gasteiger partial charge in [0.05, 0.1) is 30.1 Å². The van der Waals surface area contributed by atoms with Crippen molar-refractivity contribution in [1.82, 2.24) is 0 Å². The molecule has 2 aromatic rings. The molecule has 3 N–H and O–H groups in total. The maximum absolute atomic E-state index is 8.81. The van der Waals surface area contributed by atoms with E-state index in [2.05, 4.69) is 27.3 Å². The van der Waals surface area contributed by atoms with Crippen LogP contribution in [0.3, 0.4) is 0 Å². The molecular weight excluding hydrogens is 318 g/mol. The zero-order valence-corrected chi connectivity index (χ0v) is 12.6. The Labute approximate surface area is 126 Å². The van der Waals surface area contributed by atoms with Crippen LogP contribution in [0.15, 0.2) is 40.9 Å². The molecule has 0 atom stereocenters. The van der Waals surface area contributed by atoms with E-state index in [1.807, 2.05) is 18.2 Å². The van der Waals surface area contributed by atoms with Gasteiger partial charge in [-0.2, -0.15) is 5.26 Å². The van der Waals surface area contributed by atoms with E-state index in [9.17, 15) is 0 Å². The predicted octanol–water partition coefficient (Wildman–Crippen LogP) is 3.52. The highest BCUT2D eigenvalue weighted by atomic mass is 79.9. The molecule has 2 aromatic carbocycles. The number of anilines is 2. The van der Waals surface area contributed by atoms with Gasteiger partial charge < -0.3 is 15.8 Å². The van der Waals surface area contributed by atoms with Crippen molar-refractivity contribution < 1.29 is 4.74 Å². The van der Waals surface area contributed by atoms with Gasteiger partial charge in [0.15, 0.2) is 0 Å². The Hall–Kier alpha value is -2.19. The molecule has 0 saturated heterocycles. The zero-order chi connectivity index (χ0) is 14.5. The van der Waals surface area contributed by atoms with Gasteiger partial charge in [-0.3, -0.25) is 0 Å². The third kappa shape index (κ3) is 3.22. The summed E-state index contributed by atoms with van der Waals surface area (Å²) in [5.74, 6) is 0.813. The van der Waals surface area contributed by atoms with E-state index >= 15 is 0 Å². The Balaban J connectivity index is 2.17. The minimum absolute atomic E-state index is 0.549. The fourth-order valence-electron chi connectivity index (χ4n) is 1.87. The van der Waals surface area contributed by atoms with Gasteiger partial charge in [-0.25, -0.2) is 0 Å². The standard InChI is InChI=1S/C15H14BrN3O/c1-20-15-5-3-12(16)7-11(15)9-19-14-4-2-10(8-17)6-13(14)18/h2-7,19H,9,18H2,1H3. The Morgan fingerprint density at radius 3 is 2.75 bits per heavy atom. The molecular formula is C15H14BrN3O. The molecule has 0 aliphatic carbocycles. The normalized spacial score (nSPS) is 9.85. The predicted molar refractivity (Wildman–Crippen MR) is 83.6 cm³/mol. The van der Waals surface area contributed by atoms with Crippen molar-refractivity contribution >= 4 is 27.3 Å². The van der Waals surface area contributed by atoms with E-state index in [0.29, 0.717) is 17.8 Å². The van der Waals surface area contributed by atoms with Crippen LogP contribution in [0.25, 0.3) is 0 Å². The van der Waals surface area contributed by atoms with Crippen LogP contribution in [0.1, 0.15) is 11.1 Å². The van der Waals surface area contributed by atoms with Crippen LogP contribution < -0.4 is 15.8 Å². The smallest absolute Gasteiger partial charge is 0.123 e. The SMILES string of the molecule is COc1ccc(Br)cc1CNc1ccc(C#N)cc1N. The quantitative estimate of drug-likeness (QED) is 0.841. The summed E-state index contributed by atoms with van der Waals surface area (Å²) in [5.41, 5.74) is 8.83. The van der Waals surface area contributed by atoms with Crippen LogP contribution in [0.4, 0.5) is 11.4 Å². The molecule has 0 saturated carbocycles. The number of methoxy groups -OCH3 is 1. The van der Waals surface area contributed by atoms with Crippen molar-refractivity contribution in [2.75, 3.05) is 18.2 Å². The number of halogens is 1. The number of rotatable bonds is 4. The van der Waals surface area contributed by atoms with Gasteiger partial charge >= 0.3 is 0 Å². The third-order valence-corrected chi connectivity index (χ3v) is 3.39. The van der Waals surface area contributed by atoms with Crippen LogP contribution in [0.2, 0.25) is 0 Å². The molecule has 0 unspecified atom stereocenters. The summed E-state index contributed by atoms with van der Waals surface area (Å²) >= 11 is 3.44. The Kier molecular flexibility index (Phi) is 4.49. The highest BCUT2D eigenvalue weighted by Gasteiger charge is 2.05. The molecule has 0 spiro atoms. The summed E-state index contributed by atoms with van der Waals surface area (Å²) in [6.45, 7) is 0.582. The van der Waals surface area contributed by atoms with Gasteiger partial charge in [0.25, 0.3) is 0 Å². The number of nitriles is 1. The lowest BCUT2D eigenvalue weighted by molar-refractivity contribution is 0.410. The van der Waals surface area contributed by atoms with E-state index in [1.165, 1.54) is 0 Å². The first-order valence-corrected chi connectivity index (χ1v) is 6.79. The van der Waals surface area contributed by atoms with Crippen LogP contribution >= 0.6 is 15.9 Å². The van der Waals surface area contributed by atoms with Crippen molar-refractivity contribution in [2.45, 2.75) is 6.54 Å². The molecule has 2 rings (SSSR count). The van der Waals surface area contributed by atoms with Crippen molar-refractivity contribution in [2.24, 2.45) is 0 Å². The summed E-state index contributed by atoms with van der Waals surface area (Å²) in [7, 11) is 1.64. The van der Waals surface area contributed by atoms with Crippen LogP contribution in [0, 0.1) is 11.3 Å². The topological polar surface area (TPSA) is 71.1 Å². The highest BCUT2D eigenvalue weighted by molar-refractivity contribution is 9.10. The first-order chi connectivity index (χ1) is 9.63. The van der Waals surface area contributed by atoms with Gasteiger partial charge in [-0.15, -0.1) is 0 Å². The van der Waals surface area contributed by atoms with E-state index < -0.39 is 0 Å². The second-order valence-electron chi connectivity index (χ2n) is 4.22. The van der Waals surface area contributed by atoms with E-state index in [4.69, 9.17) is 15.7 Å². The molecule has 20 heavy (non-hydrogen) atoms. The second-order valence-corrected chi connectivity index (χ2v) is 5.14. The van der Waals surface area contributed by atoms with Gasteiger partial charge in [0.2, 0.25) is 0 Å². The van der Waals surface area contributed by atoms with E-state index in [-0.39, 0.29) is 0 Å². The number of nitrogens with two attached hydrogens (primary N) is 1. The number of nitrogens with one attached hydrogen (secondary N) is 1. The minimum atomic E-state index is 0.549. The lowest BCUT2D eigenvalue weighted by atomic mass is 10.1. The lowest BCUT2D eigenvalue weighted by Gasteiger charge is -2.12. The average Bonchev–Trinajstić information content (AvgIpc) is 2.46. The number of hydrogen-bond acceptors (Lipinski definition) is 4. The molecule has 0 radical (unpaired) electrons. The Bertz CT molecular complexity index is 665. The third-order valence-electron chi connectivity index (χ3n) is 2.89. The largest absolute Gasteiger partial charge is 0.496 e. The first-order valence-electron chi connectivity index (χ1n) is 6.00. The van der Waals surface area contributed by atoms with Gasteiger partial charge in [0, 0.05) is 16.6 Å². The summed E-state index contributed by atoms with van der Waals surface area (Å²) in [6.07, 6.45) is 0. The summed E-state index contributed by atoms with van der Waals surface area (Å²) in [5, 5.41) is 12.1. The maximum atomic E-state index is 8.81. The zero-order valence-electron chi connectivity index (χ0n) is 11.0. The van der Waals surface area contributed by atoms with Crippen molar-refractivity contribution in [3.05, 3.63) is 52.0 Å². The molecule has 4 nitrogen and oxygen atoms in total. The van der Waals surface area contributed by atoms with E-state index in [0.717, 1.165) is 21.5 Å². The number of benzene rings is 2. The molecule has 0 fully saturated rings. The van der Waals surface area contributed by atoms with Crippen LogP contribution in [-0.4, -0.2) is 7.11 Å². The summed E-state index contributed by atoms with van der Waals surface area (Å²) in [4.78, 5) is 0. The Morgan fingerprint density at radius 1 is 1.30 bits per heavy atom. The fraction of sp³-hybridized carbons (Fsp3) is 0.133. The summed E-state index contributed by atoms with van der Waals surface area (Å²) < 4.78 is 6.31. The Morgan fingerprint density at radius 2 is 2.10 bits per heavy atom. The average molecular weight is 332 g/mol. The molecule has 5 heteroatoms. The van der Waals surface area contributed by atoms with Crippen LogP contribution in [0.5, 0.6) is 5.75 Å². The van der Waals surface area contributed by atoms with Crippen LogP contribution in [-0.2, 0) is 6.54 Å². The lowest BCUT2D eigenvalue weighted by Crippen LogP contribution is -2.04. The first kappa shape index (κ1) is 14.2. The second kappa shape index (κ2) is 6.31. The van der Waals surface area contributed by atoms with Crippen molar-refractivity contribution in [3.8, 4) is 11.8 Å². The molecule has 0 aliphatic rings. The molecule has 0 aliphatic heterocycles.